The van der Waals surface area contributed by atoms with Gasteiger partial charge in [-0.15, -0.1) is 0 Å². The summed E-state index contributed by atoms with van der Waals surface area (Å²) in [4.78, 5) is 39.7. The van der Waals surface area contributed by atoms with Crippen LogP contribution in [0, 0.1) is 13.8 Å². The molecular weight excluding hydrogens is 294 g/mol. The van der Waals surface area contributed by atoms with E-state index in [-0.39, 0.29) is 30.8 Å². The molecule has 1 aromatic rings. The van der Waals surface area contributed by atoms with Crippen molar-refractivity contribution in [3.63, 3.8) is 0 Å². The molecule has 6 nitrogen and oxygen atoms in total. The summed E-state index contributed by atoms with van der Waals surface area (Å²) < 4.78 is 0. The third kappa shape index (κ3) is 3.06. The molecule has 1 N–H and O–H groups in total. The van der Waals surface area contributed by atoms with Crippen molar-refractivity contribution in [2.45, 2.75) is 26.3 Å². The predicted octanol–water partition coefficient (Wildman–Crippen LogP) is 0.0151. The topological polar surface area (TPSA) is 69.7 Å². The minimum absolute atomic E-state index is 0.00386. The first-order chi connectivity index (χ1) is 11.0. The summed E-state index contributed by atoms with van der Waals surface area (Å²) in [6, 6.07) is 5.52. The van der Waals surface area contributed by atoms with Crippen LogP contribution in [0.15, 0.2) is 18.2 Å². The standard InChI is InChI=1S/C17H21N3O3/c1-11-3-4-12(2)13(7-11)8-15(21)19-5-6-20-14(10-19)17(23)18-9-16(20)22/h3-4,7,14H,5-6,8-10H2,1-2H3,(H,18,23). The highest BCUT2D eigenvalue weighted by Gasteiger charge is 2.39. The Kier molecular flexibility index (Phi) is 4.07. The van der Waals surface area contributed by atoms with E-state index in [1.807, 2.05) is 32.0 Å². The Balaban J connectivity index is 1.70. The molecule has 0 aliphatic carbocycles. The summed E-state index contributed by atoms with van der Waals surface area (Å²) in [7, 11) is 0. The number of benzene rings is 1. The zero-order valence-corrected chi connectivity index (χ0v) is 13.5. The molecule has 23 heavy (non-hydrogen) atoms. The molecule has 3 rings (SSSR count). The quantitative estimate of drug-likeness (QED) is 0.836. The molecule has 0 aromatic heterocycles. The van der Waals surface area contributed by atoms with Gasteiger partial charge in [0.05, 0.1) is 19.5 Å². The Hall–Kier alpha value is -2.37. The summed E-state index contributed by atoms with van der Waals surface area (Å²) >= 11 is 0. The van der Waals surface area contributed by atoms with Crippen LogP contribution in [-0.4, -0.2) is 59.7 Å². The molecule has 122 valence electrons. The summed E-state index contributed by atoms with van der Waals surface area (Å²) in [5, 5.41) is 2.59. The molecule has 2 saturated heterocycles. The molecule has 3 amide bonds. The first kappa shape index (κ1) is 15.5. The number of carbonyl (C=O) groups excluding carboxylic acids is 3. The fraction of sp³-hybridized carbons (Fsp3) is 0.471. The molecule has 2 aliphatic heterocycles. The first-order valence-corrected chi connectivity index (χ1v) is 7.87. The van der Waals surface area contributed by atoms with Crippen molar-refractivity contribution in [3.8, 4) is 0 Å². The Morgan fingerprint density at radius 3 is 2.83 bits per heavy atom. The van der Waals surface area contributed by atoms with Gasteiger partial charge < -0.3 is 15.1 Å². The van der Waals surface area contributed by atoms with Crippen molar-refractivity contribution in [1.29, 1.82) is 0 Å². The number of carbonyl (C=O) groups is 3. The number of amides is 3. The molecule has 2 fully saturated rings. The highest BCUT2D eigenvalue weighted by atomic mass is 16.2. The number of fused-ring (bicyclic) bond motifs is 1. The maximum atomic E-state index is 12.6. The predicted molar refractivity (Wildman–Crippen MR) is 84.7 cm³/mol. The zero-order valence-electron chi connectivity index (χ0n) is 13.5. The van der Waals surface area contributed by atoms with Crippen molar-refractivity contribution < 1.29 is 14.4 Å². The molecule has 0 saturated carbocycles. The molecule has 0 spiro atoms. The largest absolute Gasteiger partial charge is 0.345 e. The summed E-state index contributed by atoms with van der Waals surface area (Å²) in [5.41, 5.74) is 3.23. The van der Waals surface area contributed by atoms with Crippen LogP contribution < -0.4 is 5.32 Å². The third-order valence-electron chi connectivity index (χ3n) is 4.62. The number of hydrogen-bond acceptors (Lipinski definition) is 3. The van der Waals surface area contributed by atoms with Gasteiger partial charge in [0, 0.05) is 13.1 Å². The second-order valence-electron chi connectivity index (χ2n) is 6.27. The van der Waals surface area contributed by atoms with Gasteiger partial charge in [-0.1, -0.05) is 23.8 Å². The number of hydrogen-bond donors (Lipinski definition) is 1. The highest BCUT2D eigenvalue weighted by Crippen LogP contribution is 2.17. The molecule has 0 bridgehead atoms. The van der Waals surface area contributed by atoms with Crippen LogP contribution >= 0.6 is 0 Å². The number of nitrogens with one attached hydrogen (secondary N) is 1. The van der Waals surface area contributed by atoms with Crippen molar-refractivity contribution in [2.75, 3.05) is 26.2 Å². The highest BCUT2D eigenvalue weighted by molar-refractivity contribution is 5.95. The van der Waals surface area contributed by atoms with Gasteiger partial charge in [-0.05, 0) is 25.0 Å². The number of nitrogens with zero attached hydrogens (tertiary/aromatic N) is 2. The van der Waals surface area contributed by atoms with Gasteiger partial charge in [0.25, 0.3) is 0 Å². The number of aryl methyl sites for hydroxylation is 2. The molecule has 1 atom stereocenters. The van der Waals surface area contributed by atoms with E-state index < -0.39 is 6.04 Å². The second-order valence-corrected chi connectivity index (χ2v) is 6.27. The van der Waals surface area contributed by atoms with Gasteiger partial charge in [-0.3, -0.25) is 14.4 Å². The summed E-state index contributed by atoms with van der Waals surface area (Å²) in [6.45, 7) is 5.25. The monoisotopic (exact) mass is 315 g/mol. The Morgan fingerprint density at radius 1 is 1.26 bits per heavy atom. The molecule has 6 heteroatoms. The Bertz CT molecular complexity index is 671. The maximum Gasteiger partial charge on any atom is 0.245 e. The lowest BCUT2D eigenvalue weighted by molar-refractivity contribution is -0.152. The summed E-state index contributed by atoms with van der Waals surface area (Å²) in [5.74, 6) is -0.241. The van der Waals surface area contributed by atoms with Crippen molar-refractivity contribution in [2.24, 2.45) is 0 Å². The molecule has 0 radical (unpaired) electrons. The van der Waals surface area contributed by atoms with Gasteiger partial charge in [0.2, 0.25) is 17.7 Å². The van der Waals surface area contributed by atoms with Crippen LogP contribution in [0.25, 0.3) is 0 Å². The van der Waals surface area contributed by atoms with Crippen LogP contribution in [0.2, 0.25) is 0 Å². The lowest BCUT2D eigenvalue weighted by Crippen LogP contribution is -2.66. The molecule has 1 unspecified atom stereocenters. The SMILES string of the molecule is Cc1ccc(C)c(CC(=O)N2CCN3C(=O)CNC(=O)C3C2)c1. The van der Waals surface area contributed by atoms with Crippen molar-refractivity contribution >= 4 is 17.7 Å². The fourth-order valence-electron chi connectivity index (χ4n) is 3.18. The van der Waals surface area contributed by atoms with Crippen LogP contribution in [0.4, 0.5) is 0 Å². The van der Waals surface area contributed by atoms with E-state index in [1.54, 1.807) is 9.80 Å². The minimum Gasteiger partial charge on any atom is -0.345 e. The van der Waals surface area contributed by atoms with E-state index in [9.17, 15) is 14.4 Å². The van der Waals surface area contributed by atoms with Gasteiger partial charge in [-0.25, -0.2) is 0 Å². The Morgan fingerprint density at radius 2 is 2.04 bits per heavy atom. The summed E-state index contributed by atoms with van der Waals surface area (Å²) in [6.07, 6.45) is 0.329. The van der Waals surface area contributed by atoms with Gasteiger partial charge >= 0.3 is 0 Å². The lowest BCUT2D eigenvalue weighted by atomic mass is 10.0. The molecule has 2 aliphatic rings. The van der Waals surface area contributed by atoms with Crippen molar-refractivity contribution in [3.05, 3.63) is 34.9 Å². The minimum atomic E-state index is -0.549. The lowest BCUT2D eigenvalue weighted by Gasteiger charge is -2.43. The number of piperazine rings is 2. The number of rotatable bonds is 2. The van der Waals surface area contributed by atoms with Crippen LogP contribution in [0.1, 0.15) is 16.7 Å². The van der Waals surface area contributed by atoms with Gasteiger partial charge in [0.1, 0.15) is 6.04 Å². The first-order valence-electron chi connectivity index (χ1n) is 7.87. The normalized spacial score (nSPS) is 21.0. The van der Waals surface area contributed by atoms with E-state index in [1.165, 1.54) is 0 Å². The van der Waals surface area contributed by atoms with Crippen LogP contribution in [-0.2, 0) is 20.8 Å². The average molecular weight is 315 g/mol. The van der Waals surface area contributed by atoms with E-state index in [0.29, 0.717) is 19.5 Å². The maximum absolute atomic E-state index is 12.6. The average Bonchev–Trinajstić information content (AvgIpc) is 2.54. The van der Waals surface area contributed by atoms with Gasteiger partial charge in [-0.2, -0.15) is 0 Å². The van der Waals surface area contributed by atoms with Crippen molar-refractivity contribution in [1.82, 2.24) is 15.1 Å². The van der Waals surface area contributed by atoms with E-state index in [0.717, 1.165) is 16.7 Å². The Labute approximate surface area is 135 Å². The van der Waals surface area contributed by atoms with E-state index in [2.05, 4.69) is 5.32 Å². The van der Waals surface area contributed by atoms with Crippen LogP contribution in [0.3, 0.4) is 0 Å². The molecule has 2 heterocycles. The smallest absolute Gasteiger partial charge is 0.245 e. The van der Waals surface area contributed by atoms with Gasteiger partial charge in [0.15, 0.2) is 0 Å². The van der Waals surface area contributed by atoms with Crippen LogP contribution in [0.5, 0.6) is 0 Å². The second kappa shape index (κ2) is 6.02. The molecular formula is C17H21N3O3. The third-order valence-corrected chi connectivity index (χ3v) is 4.62. The van der Waals surface area contributed by atoms with E-state index in [4.69, 9.17) is 0 Å². The van der Waals surface area contributed by atoms with E-state index >= 15 is 0 Å². The molecule has 1 aromatic carbocycles. The fourth-order valence-corrected chi connectivity index (χ4v) is 3.18. The zero-order chi connectivity index (χ0) is 16.6.